The fourth-order valence-corrected chi connectivity index (χ4v) is 2.55. The van der Waals surface area contributed by atoms with Crippen LogP contribution in [0.4, 0.5) is 0 Å². The number of aliphatic hydroxyl groups excluding tert-OH is 1. The van der Waals surface area contributed by atoms with Crippen LogP contribution in [-0.4, -0.2) is 17.7 Å². The summed E-state index contributed by atoms with van der Waals surface area (Å²) in [4.78, 5) is 0. The first kappa shape index (κ1) is 12.1. The summed E-state index contributed by atoms with van der Waals surface area (Å²) in [5.74, 6) is 0.705. The van der Waals surface area contributed by atoms with Crippen LogP contribution in [0.2, 0.25) is 0 Å². The number of rotatable bonds is 2. The van der Waals surface area contributed by atoms with Crippen LogP contribution in [0, 0.1) is 5.92 Å². The predicted molar refractivity (Wildman–Crippen MR) is 69.3 cm³/mol. The van der Waals surface area contributed by atoms with E-state index in [0.717, 1.165) is 23.0 Å². The van der Waals surface area contributed by atoms with Gasteiger partial charge in [-0.15, -0.1) is 0 Å². The third kappa shape index (κ3) is 2.84. The van der Waals surface area contributed by atoms with Crippen LogP contribution in [-0.2, 0) is 0 Å². The van der Waals surface area contributed by atoms with E-state index in [9.17, 15) is 5.11 Å². The van der Waals surface area contributed by atoms with Gasteiger partial charge in [-0.2, -0.15) is 0 Å². The molecular formula is C13H18BrNO. The first-order chi connectivity index (χ1) is 7.66. The number of hydrogen-bond acceptors (Lipinski definition) is 2. The molecule has 1 aromatic rings. The minimum atomic E-state index is -0.393. The summed E-state index contributed by atoms with van der Waals surface area (Å²) in [5, 5.41) is 13.7. The van der Waals surface area contributed by atoms with Crippen molar-refractivity contribution in [3.05, 3.63) is 34.3 Å². The maximum atomic E-state index is 10.3. The largest absolute Gasteiger partial charge is 0.387 e. The summed E-state index contributed by atoms with van der Waals surface area (Å²) < 4.78 is 1.05. The zero-order chi connectivity index (χ0) is 11.5. The van der Waals surface area contributed by atoms with Gasteiger partial charge in [-0.1, -0.05) is 35.0 Å². The molecule has 0 aromatic heterocycles. The number of aliphatic hydroxyl groups is 1. The third-order valence-corrected chi connectivity index (χ3v) is 3.82. The van der Waals surface area contributed by atoms with E-state index >= 15 is 0 Å². The summed E-state index contributed by atoms with van der Waals surface area (Å²) >= 11 is 3.40. The quantitative estimate of drug-likeness (QED) is 0.875. The standard InChI is InChI=1S/C13H18BrNO/c1-9-6-7-15-12(8-9)13(16)10-2-4-11(14)5-3-10/h2-5,9,12-13,15-16H,6-8H2,1H3. The molecule has 0 bridgehead atoms. The highest BCUT2D eigenvalue weighted by Gasteiger charge is 2.25. The Morgan fingerprint density at radius 1 is 1.38 bits per heavy atom. The lowest BCUT2D eigenvalue weighted by Gasteiger charge is -2.31. The Morgan fingerprint density at radius 2 is 2.06 bits per heavy atom. The molecule has 0 spiro atoms. The lowest BCUT2D eigenvalue weighted by molar-refractivity contribution is 0.101. The average Bonchev–Trinajstić information content (AvgIpc) is 2.29. The monoisotopic (exact) mass is 283 g/mol. The van der Waals surface area contributed by atoms with Crippen LogP contribution < -0.4 is 5.32 Å². The van der Waals surface area contributed by atoms with E-state index in [2.05, 4.69) is 28.2 Å². The Labute approximate surface area is 105 Å². The van der Waals surface area contributed by atoms with Gasteiger partial charge in [-0.05, 0) is 43.0 Å². The maximum Gasteiger partial charge on any atom is 0.0943 e. The summed E-state index contributed by atoms with van der Waals surface area (Å²) in [7, 11) is 0. The second kappa shape index (κ2) is 5.30. The molecule has 2 N–H and O–H groups in total. The van der Waals surface area contributed by atoms with Crippen molar-refractivity contribution in [2.45, 2.75) is 31.9 Å². The van der Waals surface area contributed by atoms with E-state index in [0.29, 0.717) is 5.92 Å². The molecule has 3 atom stereocenters. The van der Waals surface area contributed by atoms with Gasteiger partial charge in [0.05, 0.1) is 6.10 Å². The molecule has 0 saturated carbocycles. The van der Waals surface area contributed by atoms with Crippen molar-refractivity contribution in [3.8, 4) is 0 Å². The highest BCUT2D eigenvalue weighted by molar-refractivity contribution is 9.10. The third-order valence-electron chi connectivity index (χ3n) is 3.29. The van der Waals surface area contributed by atoms with Crippen LogP contribution in [0.25, 0.3) is 0 Å². The molecule has 16 heavy (non-hydrogen) atoms. The SMILES string of the molecule is CC1CCNC(C(O)c2ccc(Br)cc2)C1. The van der Waals surface area contributed by atoms with Gasteiger partial charge < -0.3 is 10.4 Å². The smallest absolute Gasteiger partial charge is 0.0943 e. The molecule has 1 heterocycles. The Hall–Kier alpha value is -0.380. The minimum Gasteiger partial charge on any atom is -0.387 e. The molecule has 3 heteroatoms. The van der Waals surface area contributed by atoms with Crippen LogP contribution >= 0.6 is 15.9 Å². The van der Waals surface area contributed by atoms with E-state index in [4.69, 9.17) is 0 Å². The number of piperidine rings is 1. The lowest BCUT2D eigenvalue weighted by atomic mass is 9.89. The number of halogens is 1. The van der Waals surface area contributed by atoms with Gasteiger partial charge in [-0.3, -0.25) is 0 Å². The Bertz CT molecular complexity index is 338. The van der Waals surface area contributed by atoms with Gasteiger partial charge in [-0.25, -0.2) is 0 Å². The molecular weight excluding hydrogens is 266 g/mol. The van der Waals surface area contributed by atoms with Crippen molar-refractivity contribution in [3.63, 3.8) is 0 Å². The first-order valence-corrected chi connectivity index (χ1v) is 6.63. The van der Waals surface area contributed by atoms with Gasteiger partial charge in [0.25, 0.3) is 0 Å². The maximum absolute atomic E-state index is 10.3. The molecule has 88 valence electrons. The van der Waals surface area contributed by atoms with E-state index in [1.807, 2.05) is 24.3 Å². The summed E-state index contributed by atoms with van der Waals surface area (Å²) in [6.07, 6.45) is 1.87. The second-order valence-corrected chi connectivity index (χ2v) is 5.60. The van der Waals surface area contributed by atoms with Gasteiger partial charge in [0.15, 0.2) is 0 Å². The zero-order valence-corrected chi connectivity index (χ0v) is 11.1. The number of hydrogen-bond donors (Lipinski definition) is 2. The van der Waals surface area contributed by atoms with E-state index in [1.165, 1.54) is 6.42 Å². The first-order valence-electron chi connectivity index (χ1n) is 5.83. The van der Waals surface area contributed by atoms with Gasteiger partial charge in [0.1, 0.15) is 0 Å². The van der Waals surface area contributed by atoms with Crippen molar-refractivity contribution in [2.75, 3.05) is 6.54 Å². The Balaban J connectivity index is 2.06. The van der Waals surface area contributed by atoms with Crippen molar-refractivity contribution >= 4 is 15.9 Å². The summed E-state index contributed by atoms with van der Waals surface area (Å²) in [5.41, 5.74) is 0.995. The highest BCUT2D eigenvalue weighted by Crippen LogP contribution is 2.26. The van der Waals surface area contributed by atoms with Crippen molar-refractivity contribution in [1.29, 1.82) is 0 Å². The van der Waals surface area contributed by atoms with Crippen molar-refractivity contribution in [1.82, 2.24) is 5.32 Å². The Kier molecular flexibility index (Phi) is 4.00. The van der Waals surface area contributed by atoms with Gasteiger partial charge in [0, 0.05) is 10.5 Å². The number of benzene rings is 1. The van der Waals surface area contributed by atoms with Crippen molar-refractivity contribution in [2.24, 2.45) is 5.92 Å². The topological polar surface area (TPSA) is 32.3 Å². The normalized spacial score (nSPS) is 27.7. The molecule has 3 unspecified atom stereocenters. The molecule has 1 fully saturated rings. The zero-order valence-electron chi connectivity index (χ0n) is 9.49. The minimum absolute atomic E-state index is 0.199. The van der Waals surface area contributed by atoms with Crippen LogP contribution in [0.5, 0.6) is 0 Å². The highest BCUT2D eigenvalue weighted by atomic mass is 79.9. The molecule has 2 rings (SSSR count). The molecule has 1 aliphatic rings. The van der Waals surface area contributed by atoms with E-state index in [-0.39, 0.29) is 6.04 Å². The predicted octanol–water partition coefficient (Wildman–Crippen LogP) is 2.87. The summed E-state index contributed by atoms with van der Waals surface area (Å²) in [6.45, 7) is 3.27. The van der Waals surface area contributed by atoms with Crippen molar-refractivity contribution < 1.29 is 5.11 Å². The second-order valence-electron chi connectivity index (χ2n) is 4.69. The fraction of sp³-hybridized carbons (Fsp3) is 0.538. The molecule has 0 aliphatic carbocycles. The lowest BCUT2D eigenvalue weighted by Crippen LogP contribution is -2.41. The fourth-order valence-electron chi connectivity index (χ4n) is 2.28. The molecule has 2 nitrogen and oxygen atoms in total. The van der Waals surface area contributed by atoms with Crippen LogP contribution in [0.1, 0.15) is 31.4 Å². The molecule has 1 aromatic carbocycles. The molecule has 0 amide bonds. The van der Waals surface area contributed by atoms with E-state index in [1.54, 1.807) is 0 Å². The number of nitrogens with one attached hydrogen (secondary N) is 1. The molecule has 1 aliphatic heterocycles. The average molecular weight is 284 g/mol. The molecule has 1 saturated heterocycles. The van der Waals surface area contributed by atoms with E-state index < -0.39 is 6.10 Å². The van der Waals surface area contributed by atoms with Crippen LogP contribution in [0.3, 0.4) is 0 Å². The Morgan fingerprint density at radius 3 is 2.69 bits per heavy atom. The molecule has 0 radical (unpaired) electrons. The van der Waals surface area contributed by atoms with Gasteiger partial charge in [0.2, 0.25) is 0 Å². The van der Waals surface area contributed by atoms with Gasteiger partial charge >= 0.3 is 0 Å². The summed E-state index contributed by atoms with van der Waals surface area (Å²) in [6, 6.07) is 8.12. The van der Waals surface area contributed by atoms with Crippen LogP contribution in [0.15, 0.2) is 28.7 Å².